The molecule has 1 amide bonds. The normalized spacial score (nSPS) is 16.1. The molecule has 0 spiro atoms. The van der Waals surface area contributed by atoms with Crippen molar-refractivity contribution in [2.45, 2.75) is 23.1 Å². The summed E-state index contributed by atoms with van der Waals surface area (Å²) < 4.78 is 29.0. The van der Waals surface area contributed by atoms with Crippen LogP contribution in [-0.2, 0) is 10.0 Å². The fourth-order valence-corrected chi connectivity index (χ4v) is 5.95. The molecule has 1 saturated heterocycles. The number of piperidine rings is 1. The molecule has 1 aliphatic heterocycles. The summed E-state index contributed by atoms with van der Waals surface area (Å²) >= 11 is 1.23. The maximum absolute atomic E-state index is 12.6. The third kappa shape index (κ3) is 3.89. The number of nitrogens with one attached hydrogen (secondary N) is 1. The van der Waals surface area contributed by atoms with Crippen LogP contribution in [0.2, 0.25) is 0 Å². The Kier molecular flexibility index (Phi) is 5.34. The number of carbonyl (C=O) groups excluding carboxylic acids is 1. The maximum atomic E-state index is 12.6. The first kappa shape index (κ1) is 18.9. The third-order valence-electron chi connectivity index (χ3n) is 4.91. The second kappa shape index (κ2) is 7.90. The zero-order chi connectivity index (χ0) is 19.6. The van der Waals surface area contributed by atoms with E-state index in [2.05, 4.69) is 5.32 Å². The van der Waals surface area contributed by atoms with Crippen molar-refractivity contribution in [3.05, 3.63) is 71.9 Å². The number of sulfonamides is 1. The first-order valence-corrected chi connectivity index (χ1v) is 11.4. The highest BCUT2D eigenvalue weighted by Crippen LogP contribution is 2.24. The Labute approximate surface area is 168 Å². The van der Waals surface area contributed by atoms with Crippen molar-refractivity contribution in [1.82, 2.24) is 14.2 Å². The molecule has 6 nitrogen and oxygen atoms in total. The summed E-state index contributed by atoms with van der Waals surface area (Å²) in [5.74, 6) is -0.126. The fraction of sp³-hybridized carbons (Fsp3) is 0.250. The molecule has 3 heterocycles. The van der Waals surface area contributed by atoms with Gasteiger partial charge in [0.1, 0.15) is 4.21 Å². The molecule has 0 atom stereocenters. The van der Waals surface area contributed by atoms with E-state index in [1.165, 1.54) is 15.6 Å². The van der Waals surface area contributed by atoms with E-state index in [1.54, 1.807) is 29.6 Å². The molecule has 2 aromatic heterocycles. The quantitative estimate of drug-likeness (QED) is 0.696. The van der Waals surface area contributed by atoms with Crippen LogP contribution in [0.4, 0.5) is 0 Å². The molecule has 146 valence electrons. The summed E-state index contributed by atoms with van der Waals surface area (Å²) in [4.78, 5) is 12.5. The van der Waals surface area contributed by atoms with Gasteiger partial charge in [0.05, 0.1) is 0 Å². The molecule has 3 aromatic rings. The van der Waals surface area contributed by atoms with Crippen LogP contribution in [-0.4, -0.2) is 42.3 Å². The number of nitrogens with zero attached hydrogens (tertiary/aromatic N) is 2. The lowest BCUT2D eigenvalue weighted by Gasteiger charge is -2.31. The van der Waals surface area contributed by atoms with Gasteiger partial charge in [-0.1, -0.05) is 6.07 Å². The van der Waals surface area contributed by atoms with Crippen molar-refractivity contribution in [3.63, 3.8) is 0 Å². The number of amides is 1. The molecule has 0 bridgehead atoms. The number of thiophene rings is 1. The van der Waals surface area contributed by atoms with Crippen LogP contribution in [0.15, 0.2) is 70.5 Å². The van der Waals surface area contributed by atoms with Gasteiger partial charge in [-0.2, -0.15) is 4.31 Å². The molecule has 8 heteroatoms. The molecular formula is C20H21N3O3S2. The van der Waals surface area contributed by atoms with Gasteiger partial charge < -0.3 is 9.88 Å². The highest BCUT2D eigenvalue weighted by molar-refractivity contribution is 7.91. The highest BCUT2D eigenvalue weighted by Gasteiger charge is 2.30. The first-order valence-electron chi connectivity index (χ1n) is 9.12. The van der Waals surface area contributed by atoms with Crippen molar-refractivity contribution in [2.75, 3.05) is 13.1 Å². The van der Waals surface area contributed by atoms with Crippen LogP contribution in [0.25, 0.3) is 5.69 Å². The minimum Gasteiger partial charge on any atom is -0.349 e. The average molecular weight is 416 g/mol. The summed E-state index contributed by atoms with van der Waals surface area (Å²) in [6.07, 6.45) is 5.12. The summed E-state index contributed by atoms with van der Waals surface area (Å²) in [6.45, 7) is 0.829. The fourth-order valence-electron chi connectivity index (χ4n) is 3.34. The van der Waals surface area contributed by atoms with Gasteiger partial charge in [0.2, 0.25) is 0 Å². The summed E-state index contributed by atoms with van der Waals surface area (Å²) in [6, 6.07) is 14.7. The van der Waals surface area contributed by atoms with Crippen molar-refractivity contribution >= 4 is 27.3 Å². The number of rotatable bonds is 5. The summed E-state index contributed by atoms with van der Waals surface area (Å²) in [7, 11) is -3.41. The van der Waals surface area contributed by atoms with Gasteiger partial charge in [0, 0.05) is 42.8 Å². The lowest BCUT2D eigenvalue weighted by atomic mass is 10.1. The third-order valence-corrected chi connectivity index (χ3v) is 8.18. The Balaban J connectivity index is 1.34. The number of carbonyl (C=O) groups is 1. The Morgan fingerprint density at radius 1 is 1.00 bits per heavy atom. The van der Waals surface area contributed by atoms with E-state index >= 15 is 0 Å². The van der Waals surface area contributed by atoms with E-state index in [1.807, 2.05) is 41.2 Å². The SMILES string of the molecule is O=C(NC1CCN(S(=O)(=O)c2cccs2)CC1)c1ccc(-n2cccc2)cc1. The molecule has 0 saturated carbocycles. The van der Waals surface area contributed by atoms with E-state index in [0.29, 0.717) is 35.7 Å². The van der Waals surface area contributed by atoms with Crippen LogP contribution < -0.4 is 5.32 Å². The number of aromatic nitrogens is 1. The molecule has 0 aliphatic carbocycles. The zero-order valence-corrected chi connectivity index (χ0v) is 16.8. The van der Waals surface area contributed by atoms with E-state index in [0.717, 1.165) is 5.69 Å². The van der Waals surface area contributed by atoms with Gasteiger partial charge in [-0.05, 0) is 60.7 Å². The molecule has 1 fully saturated rings. The van der Waals surface area contributed by atoms with Crippen LogP contribution in [0, 0.1) is 0 Å². The number of hydrogen-bond donors (Lipinski definition) is 1. The highest BCUT2D eigenvalue weighted by atomic mass is 32.2. The van der Waals surface area contributed by atoms with E-state index in [4.69, 9.17) is 0 Å². The largest absolute Gasteiger partial charge is 0.349 e. The molecule has 4 rings (SSSR count). The van der Waals surface area contributed by atoms with Crippen LogP contribution in [0.5, 0.6) is 0 Å². The zero-order valence-electron chi connectivity index (χ0n) is 15.2. The number of hydrogen-bond acceptors (Lipinski definition) is 4. The second-order valence-electron chi connectivity index (χ2n) is 6.72. The summed E-state index contributed by atoms with van der Waals surface area (Å²) in [5, 5.41) is 4.80. The van der Waals surface area contributed by atoms with E-state index in [9.17, 15) is 13.2 Å². The smallest absolute Gasteiger partial charge is 0.252 e. The van der Waals surface area contributed by atoms with Gasteiger partial charge in [0.25, 0.3) is 15.9 Å². The van der Waals surface area contributed by atoms with Crippen LogP contribution in [0.3, 0.4) is 0 Å². The second-order valence-corrected chi connectivity index (χ2v) is 9.83. The van der Waals surface area contributed by atoms with Gasteiger partial charge in [-0.15, -0.1) is 11.3 Å². The standard InChI is InChI=1S/C20H21N3O3S2/c24-20(16-5-7-18(8-6-16)22-11-1-2-12-22)21-17-9-13-23(14-10-17)28(25,26)19-4-3-15-27-19/h1-8,11-12,15,17H,9-10,13-14H2,(H,21,24). The van der Waals surface area contributed by atoms with Gasteiger partial charge in [0.15, 0.2) is 0 Å². The minimum absolute atomic E-state index is 0.0218. The van der Waals surface area contributed by atoms with E-state index < -0.39 is 10.0 Å². The Morgan fingerprint density at radius 3 is 2.29 bits per heavy atom. The molecule has 0 radical (unpaired) electrons. The van der Waals surface area contributed by atoms with Crippen LogP contribution in [0.1, 0.15) is 23.2 Å². The monoisotopic (exact) mass is 415 g/mol. The topological polar surface area (TPSA) is 71.4 Å². The predicted molar refractivity (Wildman–Crippen MR) is 109 cm³/mol. The average Bonchev–Trinajstić information content (AvgIpc) is 3.43. The van der Waals surface area contributed by atoms with Gasteiger partial charge in [-0.3, -0.25) is 4.79 Å². The van der Waals surface area contributed by atoms with Crippen molar-refractivity contribution < 1.29 is 13.2 Å². The molecule has 1 aromatic carbocycles. The molecule has 0 unspecified atom stereocenters. The van der Waals surface area contributed by atoms with Gasteiger partial charge >= 0.3 is 0 Å². The molecule has 1 aliphatic rings. The molecule has 1 N–H and O–H groups in total. The summed E-state index contributed by atoms with van der Waals surface area (Å²) in [5.41, 5.74) is 1.60. The lowest BCUT2D eigenvalue weighted by molar-refractivity contribution is 0.0924. The van der Waals surface area contributed by atoms with E-state index in [-0.39, 0.29) is 11.9 Å². The molecular weight excluding hydrogens is 394 g/mol. The van der Waals surface area contributed by atoms with Crippen molar-refractivity contribution in [2.24, 2.45) is 0 Å². The van der Waals surface area contributed by atoms with Crippen molar-refractivity contribution in [3.8, 4) is 5.69 Å². The minimum atomic E-state index is -3.41. The Morgan fingerprint density at radius 2 is 1.68 bits per heavy atom. The van der Waals surface area contributed by atoms with Crippen LogP contribution >= 0.6 is 11.3 Å². The lowest BCUT2D eigenvalue weighted by Crippen LogP contribution is -2.46. The Bertz CT molecular complexity index is 1020. The number of benzene rings is 1. The Hall–Kier alpha value is -2.42. The predicted octanol–water partition coefficient (Wildman–Crippen LogP) is 3.12. The maximum Gasteiger partial charge on any atom is 0.252 e. The van der Waals surface area contributed by atoms with Gasteiger partial charge in [-0.25, -0.2) is 8.42 Å². The molecule has 28 heavy (non-hydrogen) atoms. The van der Waals surface area contributed by atoms with Crippen molar-refractivity contribution in [1.29, 1.82) is 0 Å². The first-order chi connectivity index (χ1) is 13.5.